The second-order valence-corrected chi connectivity index (χ2v) is 7.15. The van der Waals surface area contributed by atoms with Gasteiger partial charge in [0, 0.05) is 5.54 Å². The molecular weight excluding hydrogens is 311 g/mol. The van der Waals surface area contributed by atoms with Crippen LogP contribution in [0.5, 0.6) is 0 Å². The molecule has 0 saturated heterocycles. The Hall–Kier alpha value is -1.26. The van der Waals surface area contributed by atoms with Gasteiger partial charge in [0.2, 0.25) is 11.8 Å². The Morgan fingerprint density at radius 1 is 1.10 bits per heavy atom. The van der Waals surface area contributed by atoms with Gasteiger partial charge in [0.1, 0.15) is 5.41 Å². The summed E-state index contributed by atoms with van der Waals surface area (Å²) >= 11 is 12.1. The number of benzene rings is 1. The zero-order chi connectivity index (χ0) is 15.8. The third-order valence-electron chi connectivity index (χ3n) is 3.31. The van der Waals surface area contributed by atoms with Gasteiger partial charge in [-0.15, -0.1) is 0 Å². The lowest BCUT2D eigenvalue weighted by molar-refractivity contribution is -0.135. The van der Waals surface area contributed by atoms with Crippen LogP contribution in [0.1, 0.15) is 33.6 Å². The van der Waals surface area contributed by atoms with Crippen LogP contribution in [0.3, 0.4) is 0 Å². The second-order valence-electron chi connectivity index (χ2n) is 6.34. The SMILES string of the molecule is CC(C)(C)NC(=O)C1(C(=O)Nc2c(Cl)cccc2Cl)CC1. The van der Waals surface area contributed by atoms with E-state index in [0.29, 0.717) is 28.6 Å². The molecule has 1 aromatic carbocycles. The summed E-state index contributed by atoms with van der Waals surface area (Å²) < 4.78 is 0. The van der Waals surface area contributed by atoms with Crippen LogP contribution in [0.25, 0.3) is 0 Å². The molecule has 1 saturated carbocycles. The van der Waals surface area contributed by atoms with Crippen molar-refractivity contribution in [3.05, 3.63) is 28.2 Å². The Kier molecular flexibility index (Phi) is 4.22. The number of carbonyl (C=O) groups is 2. The van der Waals surface area contributed by atoms with Gasteiger partial charge in [-0.1, -0.05) is 29.3 Å². The average molecular weight is 329 g/mol. The summed E-state index contributed by atoms with van der Waals surface area (Å²) in [6.45, 7) is 5.64. The van der Waals surface area contributed by atoms with Crippen molar-refractivity contribution in [1.29, 1.82) is 0 Å². The van der Waals surface area contributed by atoms with E-state index < -0.39 is 5.41 Å². The molecule has 0 unspecified atom stereocenters. The van der Waals surface area contributed by atoms with Gasteiger partial charge in [-0.2, -0.15) is 0 Å². The quantitative estimate of drug-likeness (QED) is 0.832. The number of carbonyl (C=O) groups excluding carboxylic acids is 2. The Morgan fingerprint density at radius 2 is 1.62 bits per heavy atom. The van der Waals surface area contributed by atoms with E-state index >= 15 is 0 Å². The van der Waals surface area contributed by atoms with Crippen LogP contribution in [0.4, 0.5) is 5.69 Å². The molecule has 1 aliphatic carbocycles. The molecule has 0 radical (unpaired) electrons. The van der Waals surface area contributed by atoms with E-state index in [-0.39, 0.29) is 17.4 Å². The summed E-state index contributed by atoms with van der Waals surface area (Å²) in [5.41, 5.74) is -1.04. The number of halogens is 2. The van der Waals surface area contributed by atoms with Crippen LogP contribution in [0.2, 0.25) is 10.0 Å². The lowest BCUT2D eigenvalue weighted by Crippen LogP contribution is -2.48. The summed E-state index contributed by atoms with van der Waals surface area (Å²) in [4.78, 5) is 24.7. The number of amides is 2. The summed E-state index contributed by atoms with van der Waals surface area (Å²) in [7, 11) is 0. The van der Waals surface area contributed by atoms with Crippen molar-refractivity contribution in [2.75, 3.05) is 5.32 Å². The van der Waals surface area contributed by atoms with Crippen molar-refractivity contribution >= 4 is 40.7 Å². The Bertz CT molecular complexity index is 570. The summed E-state index contributed by atoms with van der Waals surface area (Å²) in [6.07, 6.45) is 1.06. The molecule has 0 spiro atoms. The van der Waals surface area contributed by atoms with Crippen LogP contribution < -0.4 is 10.6 Å². The molecule has 114 valence electrons. The molecule has 0 bridgehead atoms. The molecule has 2 rings (SSSR count). The molecule has 0 aromatic heterocycles. The molecule has 1 aromatic rings. The van der Waals surface area contributed by atoms with Crippen molar-refractivity contribution in [2.24, 2.45) is 5.41 Å². The first-order chi connectivity index (χ1) is 9.66. The molecular formula is C15H18Cl2N2O2. The number of hydrogen-bond donors (Lipinski definition) is 2. The predicted octanol–water partition coefficient (Wildman–Crippen LogP) is 3.63. The Morgan fingerprint density at radius 3 is 2.05 bits per heavy atom. The molecule has 6 heteroatoms. The molecule has 2 amide bonds. The van der Waals surface area contributed by atoms with Gasteiger partial charge in [-0.25, -0.2) is 0 Å². The fourth-order valence-corrected chi connectivity index (χ4v) is 2.48. The van der Waals surface area contributed by atoms with Crippen LogP contribution in [0, 0.1) is 5.41 Å². The highest BCUT2D eigenvalue weighted by Crippen LogP contribution is 2.47. The van der Waals surface area contributed by atoms with E-state index in [1.807, 2.05) is 20.8 Å². The first-order valence-electron chi connectivity index (χ1n) is 6.74. The smallest absolute Gasteiger partial charge is 0.240 e. The molecule has 21 heavy (non-hydrogen) atoms. The third kappa shape index (κ3) is 3.50. The van der Waals surface area contributed by atoms with Crippen LogP contribution in [-0.4, -0.2) is 17.4 Å². The van der Waals surface area contributed by atoms with Crippen LogP contribution >= 0.6 is 23.2 Å². The number of hydrogen-bond acceptors (Lipinski definition) is 2. The highest BCUT2D eigenvalue weighted by Gasteiger charge is 2.57. The van der Waals surface area contributed by atoms with Crippen LogP contribution in [0.15, 0.2) is 18.2 Å². The number of anilines is 1. The predicted molar refractivity (Wildman–Crippen MR) is 84.7 cm³/mol. The normalized spacial score (nSPS) is 16.2. The van der Waals surface area contributed by atoms with Gasteiger partial charge in [0.25, 0.3) is 0 Å². The molecule has 2 N–H and O–H groups in total. The topological polar surface area (TPSA) is 58.2 Å². The van der Waals surface area contributed by atoms with Gasteiger partial charge in [-0.3, -0.25) is 9.59 Å². The van der Waals surface area contributed by atoms with Gasteiger partial charge in [-0.05, 0) is 45.7 Å². The minimum absolute atomic E-state index is 0.254. The minimum Gasteiger partial charge on any atom is -0.351 e. The Balaban J connectivity index is 2.15. The maximum absolute atomic E-state index is 12.4. The van der Waals surface area contributed by atoms with E-state index in [4.69, 9.17) is 23.2 Å². The molecule has 4 nitrogen and oxygen atoms in total. The van der Waals surface area contributed by atoms with E-state index in [1.54, 1.807) is 18.2 Å². The zero-order valence-electron chi connectivity index (χ0n) is 12.2. The van der Waals surface area contributed by atoms with Crippen molar-refractivity contribution in [3.63, 3.8) is 0 Å². The van der Waals surface area contributed by atoms with Crippen molar-refractivity contribution in [3.8, 4) is 0 Å². The van der Waals surface area contributed by atoms with E-state index in [9.17, 15) is 9.59 Å². The lowest BCUT2D eigenvalue weighted by atomic mass is 10.0. The van der Waals surface area contributed by atoms with Gasteiger partial charge < -0.3 is 10.6 Å². The van der Waals surface area contributed by atoms with Crippen molar-refractivity contribution in [1.82, 2.24) is 5.32 Å². The second kappa shape index (κ2) is 5.50. The fraction of sp³-hybridized carbons (Fsp3) is 0.467. The number of nitrogens with one attached hydrogen (secondary N) is 2. The standard InChI is InChI=1S/C15H18Cl2N2O2/c1-14(2,3)19-13(21)15(7-8-15)12(20)18-11-9(16)5-4-6-10(11)17/h4-6H,7-8H2,1-3H3,(H,18,20)(H,19,21). The highest BCUT2D eigenvalue weighted by molar-refractivity contribution is 6.40. The molecule has 1 aliphatic rings. The van der Waals surface area contributed by atoms with E-state index in [0.717, 1.165) is 0 Å². The number of rotatable bonds is 3. The van der Waals surface area contributed by atoms with E-state index in [1.165, 1.54) is 0 Å². The summed E-state index contributed by atoms with van der Waals surface area (Å²) in [5.74, 6) is -0.616. The van der Waals surface area contributed by atoms with Gasteiger partial charge in [0.15, 0.2) is 0 Å². The van der Waals surface area contributed by atoms with Gasteiger partial charge >= 0.3 is 0 Å². The number of para-hydroxylation sites is 1. The summed E-state index contributed by atoms with van der Waals surface area (Å²) in [5, 5.41) is 6.24. The lowest BCUT2D eigenvalue weighted by Gasteiger charge is -2.24. The highest BCUT2D eigenvalue weighted by atomic mass is 35.5. The first-order valence-corrected chi connectivity index (χ1v) is 7.49. The molecule has 0 heterocycles. The Labute approximate surface area is 134 Å². The van der Waals surface area contributed by atoms with Gasteiger partial charge in [0.05, 0.1) is 15.7 Å². The summed E-state index contributed by atoms with van der Waals surface area (Å²) in [6, 6.07) is 4.97. The monoisotopic (exact) mass is 328 g/mol. The molecule has 1 fully saturated rings. The zero-order valence-corrected chi connectivity index (χ0v) is 13.7. The maximum Gasteiger partial charge on any atom is 0.240 e. The third-order valence-corrected chi connectivity index (χ3v) is 3.94. The van der Waals surface area contributed by atoms with Crippen molar-refractivity contribution in [2.45, 2.75) is 39.2 Å². The van der Waals surface area contributed by atoms with Crippen LogP contribution in [-0.2, 0) is 9.59 Å². The van der Waals surface area contributed by atoms with Crippen molar-refractivity contribution < 1.29 is 9.59 Å². The average Bonchev–Trinajstić information content (AvgIpc) is 3.13. The maximum atomic E-state index is 12.4. The largest absolute Gasteiger partial charge is 0.351 e. The first kappa shape index (κ1) is 16.1. The molecule has 0 aliphatic heterocycles. The minimum atomic E-state index is -1.00. The molecule has 0 atom stereocenters. The fourth-order valence-electron chi connectivity index (χ4n) is 1.99. The van der Waals surface area contributed by atoms with E-state index in [2.05, 4.69) is 10.6 Å².